The Morgan fingerprint density at radius 2 is 2.05 bits per heavy atom. The molecule has 1 heterocycles. The van der Waals surface area contributed by atoms with Crippen LogP contribution in [0.15, 0.2) is 41.9 Å². The molecule has 1 N–H and O–H groups in total. The van der Waals surface area contributed by atoms with Crippen LogP contribution in [0.3, 0.4) is 0 Å². The predicted octanol–water partition coefficient (Wildman–Crippen LogP) is 2.06. The van der Waals surface area contributed by atoms with Crippen molar-refractivity contribution in [3.8, 4) is 0 Å². The molecule has 0 aliphatic heterocycles. The van der Waals surface area contributed by atoms with E-state index in [0.29, 0.717) is 18.2 Å². The molecule has 1 aromatic carbocycles. The quantitative estimate of drug-likeness (QED) is 0.887. The van der Waals surface area contributed by atoms with Gasteiger partial charge in [-0.2, -0.15) is 0 Å². The molecule has 114 valence electrons. The lowest BCUT2D eigenvalue weighted by molar-refractivity contribution is -0.131. The number of aromatic nitrogens is 1. The Kier molecular flexibility index (Phi) is 4.48. The van der Waals surface area contributed by atoms with Crippen molar-refractivity contribution in [3.05, 3.63) is 52.5 Å². The van der Waals surface area contributed by atoms with Crippen molar-refractivity contribution in [3.63, 3.8) is 0 Å². The summed E-state index contributed by atoms with van der Waals surface area (Å²) >= 11 is 1.54. The second-order valence-electron chi connectivity index (χ2n) is 5.23. The van der Waals surface area contributed by atoms with Crippen LogP contribution in [-0.2, 0) is 11.3 Å². The van der Waals surface area contributed by atoms with Crippen molar-refractivity contribution in [2.45, 2.75) is 25.4 Å². The fourth-order valence-electron chi connectivity index (χ4n) is 2.23. The Bertz CT molecular complexity index is 639. The van der Waals surface area contributed by atoms with Gasteiger partial charge in [-0.15, -0.1) is 11.3 Å². The summed E-state index contributed by atoms with van der Waals surface area (Å²) in [5.41, 5.74) is 0.563. The Hall–Kier alpha value is -2.21. The third kappa shape index (κ3) is 3.71. The maximum atomic E-state index is 12.4. The van der Waals surface area contributed by atoms with Crippen LogP contribution in [0.1, 0.15) is 28.2 Å². The van der Waals surface area contributed by atoms with Gasteiger partial charge in [-0.3, -0.25) is 9.59 Å². The Balaban J connectivity index is 1.56. The molecule has 0 atom stereocenters. The summed E-state index contributed by atoms with van der Waals surface area (Å²) in [6.45, 7) is 0.554. The summed E-state index contributed by atoms with van der Waals surface area (Å²) in [7, 11) is 0. The summed E-state index contributed by atoms with van der Waals surface area (Å²) in [6, 6.07) is 9.21. The highest BCUT2D eigenvalue weighted by atomic mass is 32.1. The van der Waals surface area contributed by atoms with E-state index >= 15 is 0 Å². The van der Waals surface area contributed by atoms with E-state index in [1.807, 2.05) is 16.3 Å². The van der Waals surface area contributed by atoms with Gasteiger partial charge in [-0.25, -0.2) is 4.98 Å². The Labute approximate surface area is 133 Å². The number of rotatable bonds is 6. The number of hydrogen-bond donors (Lipinski definition) is 1. The molecule has 3 rings (SSSR count). The van der Waals surface area contributed by atoms with Crippen LogP contribution in [-0.4, -0.2) is 34.3 Å². The van der Waals surface area contributed by atoms with Crippen molar-refractivity contribution in [1.82, 2.24) is 15.2 Å². The van der Waals surface area contributed by atoms with E-state index in [1.165, 1.54) is 0 Å². The highest BCUT2D eigenvalue weighted by Gasteiger charge is 2.32. The minimum atomic E-state index is -0.223. The van der Waals surface area contributed by atoms with Crippen molar-refractivity contribution in [2.24, 2.45) is 0 Å². The van der Waals surface area contributed by atoms with Gasteiger partial charge < -0.3 is 10.2 Å². The van der Waals surface area contributed by atoms with E-state index in [9.17, 15) is 9.59 Å². The SMILES string of the molecule is O=C(NCC(=O)N(Cc1nccs1)C1CC1)c1ccccc1. The van der Waals surface area contributed by atoms with Gasteiger partial charge >= 0.3 is 0 Å². The van der Waals surface area contributed by atoms with E-state index in [-0.39, 0.29) is 18.4 Å². The van der Waals surface area contributed by atoms with E-state index < -0.39 is 0 Å². The van der Waals surface area contributed by atoms with Crippen LogP contribution in [0.5, 0.6) is 0 Å². The molecule has 1 aromatic heterocycles. The molecule has 6 heteroatoms. The summed E-state index contributed by atoms with van der Waals surface area (Å²) < 4.78 is 0. The van der Waals surface area contributed by atoms with Gasteiger partial charge in [0.1, 0.15) is 5.01 Å². The van der Waals surface area contributed by atoms with Gasteiger partial charge in [-0.05, 0) is 25.0 Å². The average molecular weight is 315 g/mol. The Morgan fingerprint density at radius 3 is 2.68 bits per heavy atom. The zero-order valence-corrected chi connectivity index (χ0v) is 12.9. The minimum Gasteiger partial charge on any atom is -0.343 e. The molecule has 5 nitrogen and oxygen atoms in total. The number of nitrogens with zero attached hydrogens (tertiary/aromatic N) is 2. The van der Waals surface area contributed by atoms with Gasteiger partial charge in [0.25, 0.3) is 5.91 Å². The lowest BCUT2D eigenvalue weighted by atomic mass is 10.2. The highest BCUT2D eigenvalue weighted by molar-refractivity contribution is 7.09. The van der Waals surface area contributed by atoms with Gasteiger partial charge in [0.2, 0.25) is 5.91 Å². The maximum absolute atomic E-state index is 12.4. The molecule has 1 saturated carbocycles. The molecule has 0 unspecified atom stereocenters. The Morgan fingerprint density at radius 1 is 1.27 bits per heavy atom. The lowest BCUT2D eigenvalue weighted by Crippen LogP contribution is -2.41. The van der Waals surface area contributed by atoms with Crippen LogP contribution < -0.4 is 5.32 Å². The van der Waals surface area contributed by atoms with Crippen LogP contribution >= 0.6 is 11.3 Å². The normalized spacial score (nSPS) is 13.6. The summed E-state index contributed by atoms with van der Waals surface area (Å²) in [4.78, 5) is 30.4. The summed E-state index contributed by atoms with van der Waals surface area (Å²) in [6.07, 6.45) is 3.81. The zero-order chi connectivity index (χ0) is 15.4. The molecule has 1 aliphatic carbocycles. The molecule has 2 amide bonds. The number of nitrogens with one attached hydrogen (secondary N) is 1. The van der Waals surface area contributed by atoms with Crippen molar-refractivity contribution in [1.29, 1.82) is 0 Å². The highest BCUT2D eigenvalue weighted by Crippen LogP contribution is 2.28. The first-order chi connectivity index (χ1) is 10.7. The smallest absolute Gasteiger partial charge is 0.251 e. The van der Waals surface area contributed by atoms with Gasteiger partial charge in [-0.1, -0.05) is 18.2 Å². The largest absolute Gasteiger partial charge is 0.343 e. The minimum absolute atomic E-state index is 0.0234. The number of carbonyl (C=O) groups is 2. The lowest BCUT2D eigenvalue weighted by Gasteiger charge is -2.21. The second kappa shape index (κ2) is 6.70. The number of thiazole rings is 1. The second-order valence-corrected chi connectivity index (χ2v) is 6.21. The van der Waals surface area contributed by atoms with Crippen molar-refractivity contribution < 1.29 is 9.59 Å². The number of amides is 2. The van der Waals surface area contributed by atoms with E-state index in [4.69, 9.17) is 0 Å². The standard InChI is InChI=1S/C16H17N3O2S/c20-15(10-18-16(21)12-4-2-1-3-5-12)19(13-6-7-13)11-14-17-8-9-22-14/h1-5,8-9,13H,6-7,10-11H2,(H,18,21). The van der Waals surface area contributed by atoms with E-state index in [0.717, 1.165) is 17.8 Å². The number of hydrogen-bond acceptors (Lipinski definition) is 4. The zero-order valence-electron chi connectivity index (χ0n) is 12.1. The molecule has 0 bridgehead atoms. The number of carbonyl (C=O) groups excluding carboxylic acids is 2. The first-order valence-corrected chi connectivity index (χ1v) is 8.13. The molecular formula is C16H17N3O2S. The monoisotopic (exact) mass is 315 g/mol. The van der Waals surface area contributed by atoms with Gasteiger partial charge in [0.15, 0.2) is 0 Å². The molecular weight excluding hydrogens is 298 g/mol. The van der Waals surface area contributed by atoms with Crippen molar-refractivity contribution >= 4 is 23.2 Å². The fraction of sp³-hybridized carbons (Fsp3) is 0.312. The maximum Gasteiger partial charge on any atom is 0.251 e. The van der Waals surface area contributed by atoms with Gasteiger partial charge in [0, 0.05) is 23.2 Å². The van der Waals surface area contributed by atoms with Crippen LogP contribution in [0.4, 0.5) is 0 Å². The number of benzene rings is 1. The molecule has 0 spiro atoms. The molecule has 0 saturated heterocycles. The summed E-state index contributed by atoms with van der Waals surface area (Å²) in [5, 5.41) is 5.52. The summed E-state index contributed by atoms with van der Waals surface area (Å²) in [5.74, 6) is -0.277. The topological polar surface area (TPSA) is 62.3 Å². The van der Waals surface area contributed by atoms with Crippen LogP contribution in [0, 0.1) is 0 Å². The molecule has 0 radical (unpaired) electrons. The van der Waals surface area contributed by atoms with Crippen LogP contribution in [0.25, 0.3) is 0 Å². The van der Waals surface area contributed by atoms with E-state index in [2.05, 4.69) is 10.3 Å². The van der Waals surface area contributed by atoms with Crippen molar-refractivity contribution in [2.75, 3.05) is 6.54 Å². The van der Waals surface area contributed by atoms with Gasteiger partial charge in [0.05, 0.1) is 13.1 Å². The third-order valence-corrected chi connectivity index (χ3v) is 4.30. The first kappa shape index (κ1) is 14.7. The molecule has 1 aliphatic rings. The molecule has 1 fully saturated rings. The molecule has 22 heavy (non-hydrogen) atoms. The van der Waals surface area contributed by atoms with E-state index in [1.54, 1.807) is 41.8 Å². The average Bonchev–Trinajstić information content (AvgIpc) is 3.27. The van der Waals surface area contributed by atoms with Crippen LogP contribution in [0.2, 0.25) is 0 Å². The predicted molar refractivity (Wildman–Crippen MR) is 84.5 cm³/mol. The molecule has 2 aromatic rings. The fourth-order valence-corrected chi connectivity index (χ4v) is 2.85. The first-order valence-electron chi connectivity index (χ1n) is 7.25. The third-order valence-electron chi connectivity index (χ3n) is 3.53.